The van der Waals surface area contributed by atoms with Crippen molar-refractivity contribution in [2.75, 3.05) is 44.7 Å². The molecule has 6 heteroatoms. The van der Waals surface area contributed by atoms with Crippen LogP contribution in [0.5, 0.6) is 5.75 Å². The number of amides is 2. The zero-order valence-corrected chi connectivity index (χ0v) is 17.7. The van der Waals surface area contributed by atoms with Crippen LogP contribution >= 0.6 is 0 Å². The predicted octanol–water partition coefficient (Wildman–Crippen LogP) is 2.77. The largest absolute Gasteiger partial charge is 0.495 e. The van der Waals surface area contributed by atoms with Crippen LogP contribution in [0.4, 0.5) is 5.69 Å². The number of rotatable bonds is 4. The fourth-order valence-electron chi connectivity index (χ4n) is 5.04. The summed E-state index contributed by atoms with van der Waals surface area (Å²) in [5, 5.41) is 0. The van der Waals surface area contributed by atoms with Crippen molar-refractivity contribution in [3.63, 3.8) is 0 Å². The van der Waals surface area contributed by atoms with Crippen molar-refractivity contribution < 1.29 is 14.3 Å². The van der Waals surface area contributed by atoms with Crippen LogP contribution in [0.3, 0.4) is 0 Å². The standard InChI is InChI=1S/C23H33N3O3/c1-17-7-12-25(13-8-17)22(27)18-9-14-24(15-10-18)20-11-16-26(23(20)28)19-5-3-4-6-21(19)29-2/h3-6,17-18,20H,7-16H2,1-2H3. The van der Waals surface area contributed by atoms with E-state index in [2.05, 4.69) is 16.7 Å². The van der Waals surface area contributed by atoms with Gasteiger partial charge in [-0.25, -0.2) is 0 Å². The number of anilines is 1. The van der Waals surface area contributed by atoms with Gasteiger partial charge >= 0.3 is 0 Å². The molecule has 0 saturated carbocycles. The maximum absolute atomic E-state index is 13.1. The van der Waals surface area contributed by atoms with Gasteiger partial charge in [0.1, 0.15) is 5.75 Å². The molecule has 0 bridgehead atoms. The Balaban J connectivity index is 1.33. The van der Waals surface area contributed by atoms with Crippen molar-refractivity contribution >= 4 is 17.5 Å². The summed E-state index contributed by atoms with van der Waals surface area (Å²) in [4.78, 5) is 32.2. The summed E-state index contributed by atoms with van der Waals surface area (Å²) in [7, 11) is 1.64. The Morgan fingerprint density at radius 2 is 1.66 bits per heavy atom. The molecule has 0 aliphatic carbocycles. The molecule has 6 nitrogen and oxygen atoms in total. The predicted molar refractivity (Wildman–Crippen MR) is 113 cm³/mol. The summed E-state index contributed by atoms with van der Waals surface area (Å²) in [5.41, 5.74) is 0.854. The van der Waals surface area contributed by atoms with Crippen LogP contribution in [-0.2, 0) is 9.59 Å². The van der Waals surface area contributed by atoms with Gasteiger partial charge < -0.3 is 14.5 Å². The minimum Gasteiger partial charge on any atom is -0.495 e. The van der Waals surface area contributed by atoms with Crippen LogP contribution in [0.15, 0.2) is 24.3 Å². The molecule has 3 fully saturated rings. The van der Waals surface area contributed by atoms with E-state index in [1.165, 1.54) is 0 Å². The van der Waals surface area contributed by atoms with E-state index < -0.39 is 0 Å². The number of hydrogen-bond donors (Lipinski definition) is 0. The molecule has 1 aromatic rings. The second-order valence-electron chi connectivity index (χ2n) is 8.78. The third-order valence-corrected chi connectivity index (χ3v) is 6.97. The lowest BCUT2D eigenvalue weighted by Crippen LogP contribution is -2.49. The highest BCUT2D eigenvalue weighted by molar-refractivity contribution is 6.00. The highest BCUT2D eigenvalue weighted by Gasteiger charge is 2.40. The first kappa shape index (κ1) is 20.2. The van der Waals surface area contributed by atoms with Crippen LogP contribution in [-0.4, -0.2) is 67.5 Å². The zero-order valence-electron chi connectivity index (χ0n) is 17.7. The summed E-state index contributed by atoms with van der Waals surface area (Å²) >= 11 is 0. The van der Waals surface area contributed by atoms with Gasteiger partial charge in [-0.2, -0.15) is 0 Å². The molecule has 3 aliphatic heterocycles. The SMILES string of the molecule is COc1ccccc1N1CCC(N2CCC(C(=O)N3CCC(C)CC3)CC2)C1=O. The molecule has 1 unspecified atom stereocenters. The van der Waals surface area contributed by atoms with Crippen molar-refractivity contribution in [1.29, 1.82) is 0 Å². The number of para-hydroxylation sites is 2. The fourth-order valence-corrected chi connectivity index (χ4v) is 5.04. The van der Waals surface area contributed by atoms with Crippen LogP contribution in [0.1, 0.15) is 39.0 Å². The lowest BCUT2D eigenvalue weighted by Gasteiger charge is -2.38. The molecular formula is C23H33N3O3. The minimum absolute atomic E-state index is 0.0770. The smallest absolute Gasteiger partial charge is 0.244 e. The Kier molecular flexibility index (Phi) is 6.09. The molecule has 3 heterocycles. The average molecular weight is 400 g/mol. The third-order valence-electron chi connectivity index (χ3n) is 6.97. The molecule has 1 aromatic carbocycles. The number of carbonyl (C=O) groups excluding carboxylic acids is 2. The lowest BCUT2D eigenvalue weighted by molar-refractivity contribution is -0.138. The maximum Gasteiger partial charge on any atom is 0.244 e. The Hall–Kier alpha value is -2.08. The van der Waals surface area contributed by atoms with Gasteiger partial charge in [-0.05, 0) is 63.2 Å². The third kappa shape index (κ3) is 4.13. The number of piperidine rings is 2. The molecule has 0 spiro atoms. The molecule has 1 atom stereocenters. The summed E-state index contributed by atoms with van der Waals surface area (Å²) in [6.07, 6.45) is 4.81. The van der Waals surface area contributed by atoms with Crippen LogP contribution in [0.25, 0.3) is 0 Å². The molecule has 4 rings (SSSR count). The minimum atomic E-state index is -0.0770. The van der Waals surface area contributed by atoms with Gasteiger partial charge in [-0.3, -0.25) is 14.5 Å². The number of ether oxygens (including phenoxy) is 1. The number of methoxy groups -OCH3 is 1. The van der Waals surface area contributed by atoms with E-state index in [0.29, 0.717) is 12.5 Å². The van der Waals surface area contributed by atoms with Gasteiger partial charge in [0.15, 0.2) is 0 Å². The molecule has 3 saturated heterocycles. The second-order valence-corrected chi connectivity index (χ2v) is 8.78. The Morgan fingerprint density at radius 1 is 0.966 bits per heavy atom. The van der Waals surface area contributed by atoms with Gasteiger partial charge in [0.2, 0.25) is 11.8 Å². The fraction of sp³-hybridized carbons (Fsp3) is 0.652. The van der Waals surface area contributed by atoms with Gasteiger partial charge in [-0.1, -0.05) is 19.1 Å². The molecule has 0 N–H and O–H groups in total. The number of carbonyl (C=O) groups is 2. The highest BCUT2D eigenvalue weighted by atomic mass is 16.5. The first-order chi connectivity index (χ1) is 14.1. The topological polar surface area (TPSA) is 53.1 Å². The lowest BCUT2D eigenvalue weighted by atomic mass is 9.92. The van der Waals surface area contributed by atoms with Crippen molar-refractivity contribution in [2.24, 2.45) is 11.8 Å². The van der Waals surface area contributed by atoms with Crippen LogP contribution in [0, 0.1) is 11.8 Å². The quantitative estimate of drug-likeness (QED) is 0.781. The molecule has 29 heavy (non-hydrogen) atoms. The molecule has 0 aromatic heterocycles. The van der Waals surface area contributed by atoms with E-state index in [1.807, 2.05) is 29.2 Å². The summed E-state index contributed by atoms with van der Waals surface area (Å²) in [5.74, 6) is 2.10. The van der Waals surface area contributed by atoms with Gasteiger partial charge in [0, 0.05) is 25.6 Å². The van der Waals surface area contributed by atoms with Crippen LogP contribution < -0.4 is 9.64 Å². The normalized spacial score (nSPS) is 24.9. The van der Waals surface area contributed by atoms with Gasteiger partial charge in [-0.15, -0.1) is 0 Å². The van der Waals surface area contributed by atoms with E-state index in [-0.39, 0.29) is 17.9 Å². The maximum atomic E-state index is 13.1. The number of nitrogens with zero attached hydrogens (tertiary/aromatic N) is 3. The number of hydrogen-bond acceptors (Lipinski definition) is 4. The first-order valence-electron chi connectivity index (χ1n) is 11.1. The highest BCUT2D eigenvalue weighted by Crippen LogP contribution is 2.33. The van der Waals surface area contributed by atoms with Crippen molar-refractivity contribution in [3.8, 4) is 5.75 Å². The molecule has 0 radical (unpaired) electrons. The van der Waals surface area contributed by atoms with E-state index in [0.717, 1.165) is 75.6 Å². The number of likely N-dealkylation sites (tertiary alicyclic amines) is 2. The van der Waals surface area contributed by atoms with Gasteiger partial charge in [0.05, 0.1) is 18.8 Å². The van der Waals surface area contributed by atoms with Crippen molar-refractivity contribution in [3.05, 3.63) is 24.3 Å². The summed E-state index contributed by atoms with van der Waals surface area (Å²) < 4.78 is 5.44. The Bertz CT molecular complexity index is 737. The summed E-state index contributed by atoms with van der Waals surface area (Å²) in [6.45, 7) is 6.47. The van der Waals surface area contributed by atoms with E-state index in [4.69, 9.17) is 4.74 Å². The van der Waals surface area contributed by atoms with E-state index in [1.54, 1.807) is 7.11 Å². The van der Waals surface area contributed by atoms with Crippen molar-refractivity contribution in [2.45, 2.75) is 45.1 Å². The van der Waals surface area contributed by atoms with Crippen LogP contribution in [0.2, 0.25) is 0 Å². The molecule has 2 amide bonds. The Morgan fingerprint density at radius 3 is 2.34 bits per heavy atom. The number of benzene rings is 1. The van der Waals surface area contributed by atoms with Crippen molar-refractivity contribution in [1.82, 2.24) is 9.80 Å². The monoisotopic (exact) mass is 399 g/mol. The molecule has 3 aliphatic rings. The Labute approximate surface area is 173 Å². The van der Waals surface area contributed by atoms with Gasteiger partial charge in [0.25, 0.3) is 0 Å². The first-order valence-corrected chi connectivity index (χ1v) is 11.1. The summed E-state index contributed by atoms with van der Waals surface area (Å²) in [6, 6.07) is 7.63. The molecular weight excluding hydrogens is 366 g/mol. The second kappa shape index (κ2) is 8.74. The average Bonchev–Trinajstić information content (AvgIpc) is 3.15. The van der Waals surface area contributed by atoms with E-state index >= 15 is 0 Å². The zero-order chi connectivity index (χ0) is 20.4. The molecule has 158 valence electrons. The van der Waals surface area contributed by atoms with E-state index in [9.17, 15) is 9.59 Å².